The van der Waals surface area contributed by atoms with E-state index >= 15 is 0 Å². The Labute approximate surface area is 187 Å². The van der Waals surface area contributed by atoms with Crippen molar-refractivity contribution in [3.63, 3.8) is 0 Å². The molecule has 3 nitrogen and oxygen atoms in total. The van der Waals surface area contributed by atoms with Crippen molar-refractivity contribution in [3.8, 4) is 5.75 Å². The summed E-state index contributed by atoms with van der Waals surface area (Å²) in [5.41, 5.74) is 3.32. The van der Waals surface area contributed by atoms with Gasteiger partial charge in [-0.3, -0.25) is 0 Å². The van der Waals surface area contributed by atoms with Gasteiger partial charge in [0.25, 0.3) is 0 Å². The Balaban J connectivity index is 1.52. The van der Waals surface area contributed by atoms with E-state index in [-0.39, 0.29) is 16.9 Å². The number of aromatic nitrogens is 1. The van der Waals surface area contributed by atoms with Crippen LogP contribution < -0.4 is 0 Å². The molecule has 0 saturated heterocycles. The minimum absolute atomic E-state index is 0.127. The SMILES string of the molecule is CC1CCC2(C)C(CCC3(C)C(C)C(O)CCC32)C1(C)Cc1c[nH]c2cc(O)ccc12. The zero-order valence-corrected chi connectivity index (χ0v) is 20.0. The van der Waals surface area contributed by atoms with Crippen LogP contribution in [0, 0.1) is 39.9 Å². The average molecular weight is 424 g/mol. The van der Waals surface area contributed by atoms with Crippen molar-refractivity contribution < 1.29 is 10.2 Å². The summed E-state index contributed by atoms with van der Waals surface area (Å²) in [7, 11) is 0. The van der Waals surface area contributed by atoms with E-state index in [2.05, 4.69) is 51.9 Å². The first-order chi connectivity index (χ1) is 14.6. The summed E-state index contributed by atoms with van der Waals surface area (Å²) in [6.07, 6.45) is 10.5. The lowest BCUT2D eigenvalue weighted by molar-refractivity contribution is -0.195. The van der Waals surface area contributed by atoms with Gasteiger partial charge in [0.15, 0.2) is 0 Å². The van der Waals surface area contributed by atoms with Crippen LogP contribution in [0.1, 0.15) is 78.7 Å². The summed E-state index contributed by atoms with van der Waals surface area (Å²) >= 11 is 0. The molecule has 1 aromatic heterocycles. The molecule has 1 aromatic carbocycles. The van der Waals surface area contributed by atoms with Gasteiger partial charge in [-0.1, -0.05) is 34.6 Å². The zero-order valence-electron chi connectivity index (χ0n) is 20.0. The first-order valence-electron chi connectivity index (χ1n) is 12.6. The smallest absolute Gasteiger partial charge is 0.117 e. The van der Waals surface area contributed by atoms with E-state index in [9.17, 15) is 10.2 Å². The first kappa shape index (κ1) is 21.4. The topological polar surface area (TPSA) is 56.2 Å². The van der Waals surface area contributed by atoms with Gasteiger partial charge in [0.1, 0.15) is 5.75 Å². The third kappa shape index (κ3) is 2.95. The van der Waals surface area contributed by atoms with Gasteiger partial charge in [0.2, 0.25) is 0 Å². The number of hydrogen-bond donors (Lipinski definition) is 3. The van der Waals surface area contributed by atoms with Gasteiger partial charge in [-0.2, -0.15) is 0 Å². The number of nitrogens with one attached hydrogen (secondary N) is 1. The number of benzene rings is 1. The van der Waals surface area contributed by atoms with Gasteiger partial charge in [-0.05, 0) is 103 Å². The summed E-state index contributed by atoms with van der Waals surface area (Å²) in [6, 6.07) is 5.74. The van der Waals surface area contributed by atoms with Gasteiger partial charge in [-0.25, -0.2) is 0 Å². The van der Waals surface area contributed by atoms with E-state index in [1.807, 2.05) is 12.1 Å². The standard InChI is InChI=1S/C28H41NO2/c1-17-10-12-27(4)24-9-8-23(31)18(2)26(24,3)13-11-25(27)28(17,5)15-19-16-29-22-14-20(30)6-7-21(19)22/h6-7,14,16-18,23-25,29-31H,8-13,15H2,1-5H3. The van der Waals surface area contributed by atoms with Crippen LogP contribution in [0.15, 0.2) is 24.4 Å². The third-order valence-electron chi connectivity index (χ3n) is 11.1. The Bertz CT molecular complexity index is 981. The minimum Gasteiger partial charge on any atom is -0.508 e. The predicted octanol–water partition coefficient (Wildman–Crippen LogP) is 6.68. The molecule has 0 spiro atoms. The van der Waals surface area contributed by atoms with E-state index in [1.165, 1.54) is 43.1 Å². The molecule has 1 heterocycles. The molecule has 8 atom stereocenters. The van der Waals surface area contributed by atoms with Gasteiger partial charge in [0.05, 0.1) is 6.10 Å². The molecule has 0 amide bonds. The molecule has 5 rings (SSSR count). The second-order valence-electron chi connectivity index (χ2n) is 12.3. The predicted molar refractivity (Wildman–Crippen MR) is 127 cm³/mol. The van der Waals surface area contributed by atoms with Crippen molar-refractivity contribution in [2.45, 2.75) is 85.7 Å². The van der Waals surface area contributed by atoms with Crippen LogP contribution in [0.5, 0.6) is 5.75 Å². The Morgan fingerprint density at radius 2 is 1.71 bits per heavy atom. The highest BCUT2D eigenvalue weighted by atomic mass is 16.3. The molecule has 3 N–H and O–H groups in total. The van der Waals surface area contributed by atoms with Crippen molar-refractivity contribution in [1.29, 1.82) is 0 Å². The molecule has 0 bridgehead atoms. The van der Waals surface area contributed by atoms with Crippen LogP contribution in [0.25, 0.3) is 10.9 Å². The van der Waals surface area contributed by atoms with Crippen LogP contribution in [0.3, 0.4) is 0 Å². The van der Waals surface area contributed by atoms with E-state index < -0.39 is 0 Å². The van der Waals surface area contributed by atoms with Crippen molar-refractivity contribution in [2.24, 2.45) is 39.9 Å². The number of phenolic OH excluding ortho intramolecular Hbond substituents is 1. The molecule has 31 heavy (non-hydrogen) atoms. The lowest BCUT2D eigenvalue weighted by atomic mass is 9.37. The Kier molecular flexibility index (Phi) is 4.83. The molecule has 3 aliphatic carbocycles. The fourth-order valence-electron chi connectivity index (χ4n) is 8.85. The summed E-state index contributed by atoms with van der Waals surface area (Å²) < 4.78 is 0. The van der Waals surface area contributed by atoms with E-state index in [0.29, 0.717) is 34.8 Å². The van der Waals surface area contributed by atoms with Crippen LogP contribution in [0.2, 0.25) is 0 Å². The second-order valence-corrected chi connectivity index (χ2v) is 12.3. The Morgan fingerprint density at radius 1 is 0.968 bits per heavy atom. The molecular weight excluding hydrogens is 382 g/mol. The van der Waals surface area contributed by atoms with Gasteiger partial charge in [0, 0.05) is 23.2 Å². The van der Waals surface area contributed by atoms with Crippen molar-refractivity contribution in [3.05, 3.63) is 30.0 Å². The highest BCUT2D eigenvalue weighted by Gasteiger charge is 2.63. The van der Waals surface area contributed by atoms with Gasteiger partial charge < -0.3 is 15.2 Å². The number of rotatable bonds is 2. The van der Waals surface area contributed by atoms with Crippen LogP contribution in [-0.2, 0) is 6.42 Å². The number of aliphatic hydroxyl groups excluding tert-OH is 1. The normalized spacial score (nSPS) is 45.3. The Morgan fingerprint density at radius 3 is 2.48 bits per heavy atom. The maximum atomic E-state index is 10.7. The summed E-state index contributed by atoms with van der Waals surface area (Å²) in [5.74, 6) is 2.85. The van der Waals surface area contributed by atoms with Crippen molar-refractivity contribution >= 4 is 10.9 Å². The number of hydrogen-bond acceptors (Lipinski definition) is 2. The van der Waals surface area contributed by atoms with Gasteiger partial charge in [-0.15, -0.1) is 0 Å². The molecule has 3 fully saturated rings. The average Bonchev–Trinajstić information content (AvgIpc) is 3.10. The quantitative estimate of drug-likeness (QED) is 0.504. The fourth-order valence-corrected chi connectivity index (χ4v) is 8.85. The number of aromatic hydroxyl groups is 1. The molecule has 3 heteroatoms. The lowest BCUT2D eigenvalue weighted by Gasteiger charge is -2.67. The maximum absolute atomic E-state index is 10.7. The molecule has 0 aliphatic heterocycles. The van der Waals surface area contributed by atoms with Crippen LogP contribution in [-0.4, -0.2) is 21.3 Å². The summed E-state index contributed by atoms with van der Waals surface area (Å²) in [4.78, 5) is 3.41. The second kappa shape index (κ2) is 7.01. The largest absolute Gasteiger partial charge is 0.508 e. The number of aliphatic hydroxyl groups is 1. The molecular formula is C28H41NO2. The molecule has 170 valence electrons. The Hall–Kier alpha value is -1.48. The first-order valence-corrected chi connectivity index (χ1v) is 12.6. The number of phenols is 1. The highest BCUT2D eigenvalue weighted by Crippen LogP contribution is 2.69. The molecule has 2 aromatic rings. The molecule has 3 aliphatic rings. The summed E-state index contributed by atoms with van der Waals surface area (Å²) in [6.45, 7) is 12.5. The van der Waals surface area contributed by atoms with Crippen molar-refractivity contribution in [2.75, 3.05) is 0 Å². The minimum atomic E-state index is -0.127. The maximum Gasteiger partial charge on any atom is 0.117 e. The zero-order chi connectivity index (χ0) is 22.2. The lowest BCUT2D eigenvalue weighted by Crippen LogP contribution is -2.61. The number of H-pyrrole nitrogens is 1. The third-order valence-corrected chi connectivity index (χ3v) is 11.1. The summed E-state index contributed by atoms with van der Waals surface area (Å²) in [5, 5.41) is 21.8. The van der Waals surface area contributed by atoms with Crippen molar-refractivity contribution in [1.82, 2.24) is 4.98 Å². The number of fused-ring (bicyclic) bond motifs is 4. The van der Waals surface area contributed by atoms with E-state index in [0.717, 1.165) is 18.4 Å². The molecule has 0 radical (unpaired) electrons. The fraction of sp³-hybridized carbons (Fsp3) is 0.714. The monoisotopic (exact) mass is 423 g/mol. The van der Waals surface area contributed by atoms with E-state index in [4.69, 9.17) is 0 Å². The molecule has 3 saturated carbocycles. The van der Waals surface area contributed by atoms with Crippen LogP contribution in [0.4, 0.5) is 0 Å². The van der Waals surface area contributed by atoms with E-state index in [1.54, 1.807) is 0 Å². The van der Waals surface area contributed by atoms with Crippen LogP contribution >= 0.6 is 0 Å². The number of aromatic amines is 1. The highest BCUT2D eigenvalue weighted by molar-refractivity contribution is 5.84. The van der Waals surface area contributed by atoms with Gasteiger partial charge >= 0.3 is 0 Å². The molecule has 8 unspecified atom stereocenters.